The maximum atomic E-state index is 12.1. The SMILES string of the molecule is Nc1ccc(S(N)(=O)=O)cc1NCC(O)C(F)(F)F. The van der Waals surface area contributed by atoms with E-state index in [-0.39, 0.29) is 16.3 Å². The van der Waals surface area contributed by atoms with Gasteiger partial charge < -0.3 is 16.2 Å². The molecule has 1 aromatic carbocycles. The van der Waals surface area contributed by atoms with Crippen LogP contribution in [0.2, 0.25) is 0 Å². The summed E-state index contributed by atoms with van der Waals surface area (Å²) in [5.74, 6) is 0. The fourth-order valence-electron chi connectivity index (χ4n) is 1.19. The molecule has 0 radical (unpaired) electrons. The second-order valence-electron chi connectivity index (χ2n) is 3.73. The maximum absolute atomic E-state index is 12.1. The highest BCUT2D eigenvalue weighted by molar-refractivity contribution is 7.89. The molecule has 10 heteroatoms. The Labute approximate surface area is 107 Å². The van der Waals surface area contributed by atoms with Gasteiger partial charge in [0.25, 0.3) is 0 Å². The summed E-state index contributed by atoms with van der Waals surface area (Å²) in [5, 5.41) is 15.9. The zero-order valence-electron chi connectivity index (χ0n) is 9.48. The molecule has 1 aromatic rings. The zero-order valence-corrected chi connectivity index (χ0v) is 10.3. The predicted molar refractivity (Wildman–Crippen MR) is 62.8 cm³/mol. The number of benzene rings is 1. The van der Waals surface area contributed by atoms with Crippen molar-refractivity contribution in [3.63, 3.8) is 0 Å². The number of aliphatic hydroxyl groups excluding tert-OH is 1. The van der Waals surface area contributed by atoms with Crippen molar-refractivity contribution in [1.82, 2.24) is 0 Å². The molecule has 108 valence electrons. The molecule has 0 aliphatic rings. The summed E-state index contributed by atoms with van der Waals surface area (Å²) in [5.41, 5.74) is 5.44. The molecular weight excluding hydrogens is 287 g/mol. The van der Waals surface area contributed by atoms with Crippen LogP contribution in [0.1, 0.15) is 0 Å². The first kappa shape index (κ1) is 15.5. The van der Waals surface area contributed by atoms with Gasteiger partial charge in [0, 0.05) is 6.54 Å². The van der Waals surface area contributed by atoms with Gasteiger partial charge in [-0.2, -0.15) is 13.2 Å². The van der Waals surface area contributed by atoms with Gasteiger partial charge in [-0.25, -0.2) is 13.6 Å². The van der Waals surface area contributed by atoms with Crippen molar-refractivity contribution in [2.45, 2.75) is 17.2 Å². The third-order valence-electron chi connectivity index (χ3n) is 2.22. The van der Waals surface area contributed by atoms with Crippen LogP contribution in [-0.2, 0) is 10.0 Å². The second-order valence-corrected chi connectivity index (χ2v) is 5.29. The summed E-state index contributed by atoms with van der Waals surface area (Å²) >= 11 is 0. The lowest BCUT2D eigenvalue weighted by Gasteiger charge is -2.17. The lowest BCUT2D eigenvalue weighted by atomic mass is 10.2. The first-order chi connectivity index (χ1) is 8.51. The average molecular weight is 299 g/mol. The monoisotopic (exact) mass is 299 g/mol. The maximum Gasteiger partial charge on any atom is 0.416 e. The molecule has 0 fully saturated rings. The predicted octanol–water partition coefficient (Wildman–Crippen LogP) is 0.251. The molecular formula is C9H12F3N3O3S. The molecule has 0 spiro atoms. The Hall–Kier alpha value is -1.52. The van der Waals surface area contributed by atoms with Crippen molar-refractivity contribution in [3.05, 3.63) is 18.2 Å². The van der Waals surface area contributed by atoms with Crippen LogP contribution in [0.25, 0.3) is 0 Å². The molecule has 0 aliphatic carbocycles. The van der Waals surface area contributed by atoms with E-state index in [1.807, 2.05) is 0 Å². The van der Waals surface area contributed by atoms with Gasteiger partial charge in [0.05, 0.1) is 16.3 Å². The number of aliphatic hydroxyl groups is 1. The van der Waals surface area contributed by atoms with E-state index in [1.54, 1.807) is 0 Å². The topological polar surface area (TPSA) is 118 Å². The Kier molecular flexibility index (Phi) is 4.28. The molecule has 6 nitrogen and oxygen atoms in total. The molecule has 1 atom stereocenters. The van der Waals surface area contributed by atoms with Crippen molar-refractivity contribution in [2.75, 3.05) is 17.6 Å². The lowest BCUT2D eigenvalue weighted by Crippen LogP contribution is -2.35. The Morgan fingerprint density at radius 1 is 1.37 bits per heavy atom. The minimum absolute atomic E-state index is 0.0294. The zero-order chi connectivity index (χ0) is 14.8. The molecule has 1 unspecified atom stereocenters. The number of nitrogen functional groups attached to an aromatic ring is 1. The minimum Gasteiger partial charge on any atom is -0.397 e. The highest BCUT2D eigenvalue weighted by atomic mass is 32.2. The Morgan fingerprint density at radius 3 is 2.42 bits per heavy atom. The summed E-state index contributed by atoms with van der Waals surface area (Å²) in [6, 6.07) is 3.30. The van der Waals surface area contributed by atoms with Gasteiger partial charge in [-0.05, 0) is 18.2 Å². The molecule has 0 bridgehead atoms. The first-order valence-corrected chi connectivity index (χ1v) is 6.47. The Morgan fingerprint density at radius 2 is 1.95 bits per heavy atom. The number of alkyl halides is 3. The number of anilines is 2. The van der Waals surface area contributed by atoms with Crippen LogP contribution in [0.4, 0.5) is 24.5 Å². The van der Waals surface area contributed by atoms with E-state index < -0.39 is 28.8 Å². The third kappa shape index (κ3) is 4.26. The summed E-state index contributed by atoms with van der Waals surface area (Å²) in [7, 11) is -3.99. The van der Waals surface area contributed by atoms with E-state index in [4.69, 9.17) is 16.0 Å². The van der Waals surface area contributed by atoms with Crippen molar-refractivity contribution in [3.8, 4) is 0 Å². The van der Waals surface area contributed by atoms with Crippen LogP contribution in [0.3, 0.4) is 0 Å². The van der Waals surface area contributed by atoms with Crippen LogP contribution < -0.4 is 16.2 Å². The van der Waals surface area contributed by atoms with E-state index in [1.165, 1.54) is 6.07 Å². The molecule has 6 N–H and O–H groups in total. The number of rotatable bonds is 4. The van der Waals surface area contributed by atoms with Gasteiger partial charge in [0.15, 0.2) is 6.10 Å². The third-order valence-corrected chi connectivity index (χ3v) is 3.13. The molecule has 0 aliphatic heterocycles. The standard InChI is InChI=1S/C9H12F3N3O3S/c10-9(11,12)8(16)4-15-7-3-5(19(14,17)18)1-2-6(7)13/h1-3,8,15-16H,4,13H2,(H2,14,17,18). The normalized spacial score (nSPS) is 14.2. The molecule has 1 rings (SSSR count). The van der Waals surface area contributed by atoms with Gasteiger partial charge in [0.2, 0.25) is 10.0 Å². The van der Waals surface area contributed by atoms with Crippen LogP contribution in [0.5, 0.6) is 0 Å². The van der Waals surface area contributed by atoms with Crippen molar-refractivity contribution < 1.29 is 26.7 Å². The fourth-order valence-corrected chi connectivity index (χ4v) is 1.73. The van der Waals surface area contributed by atoms with E-state index in [0.29, 0.717) is 0 Å². The minimum atomic E-state index is -4.78. The molecule has 0 saturated carbocycles. The second kappa shape index (κ2) is 5.23. The average Bonchev–Trinajstić information content (AvgIpc) is 2.24. The number of nitrogens with two attached hydrogens (primary N) is 2. The molecule has 0 saturated heterocycles. The van der Waals surface area contributed by atoms with E-state index in [9.17, 15) is 21.6 Å². The molecule has 0 amide bonds. The van der Waals surface area contributed by atoms with Crippen molar-refractivity contribution in [1.29, 1.82) is 0 Å². The van der Waals surface area contributed by atoms with Gasteiger partial charge in [-0.15, -0.1) is 0 Å². The van der Waals surface area contributed by atoms with Crippen molar-refractivity contribution in [2.24, 2.45) is 5.14 Å². The van der Waals surface area contributed by atoms with Crippen molar-refractivity contribution >= 4 is 21.4 Å². The molecule has 0 heterocycles. The van der Waals surface area contributed by atoms with Crippen LogP contribution in [0.15, 0.2) is 23.1 Å². The summed E-state index contributed by atoms with van der Waals surface area (Å²) < 4.78 is 58.4. The number of halogens is 3. The highest BCUT2D eigenvalue weighted by Crippen LogP contribution is 2.24. The summed E-state index contributed by atoms with van der Waals surface area (Å²) in [6.45, 7) is -0.859. The largest absolute Gasteiger partial charge is 0.416 e. The lowest BCUT2D eigenvalue weighted by molar-refractivity contribution is -0.198. The van der Waals surface area contributed by atoms with E-state index in [2.05, 4.69) is 5.32 Å². The summed E-state index contributed by atoms with van der Waals surface area (Å²) in [4.78, 5) is -0.300. The number of sulfonamides is 1. The summed E-state index contributed by atoms with van der Waals surface area (Å²) in [6.07, 6.45) is -7.37. The quantitative estimate of drug-likeness (QED) is 0.594. The van der Waals surface area contributed by atoms with Gasteiger partial charge in [-0.1, -0.05) is 0 Å². The Balaban J connectivity index is 2.90. The van der Waals surface area contributed by atoms with Crippen LogP contribution in [0, 0.1) is 0 Å². The number of hydrogen-bond acceptors (Lipinski definition) is 5. The number of nitrogens with one attached hydrogen (secondary N) is 1. The smallest absolute Gasteiger partial charge is 0.397 e. The fraction of sp³-hybridized carbons (Fsp3) is 0.333. The van der Waals surface area contributed by atoms with E-state index >= 15 is 0 Å². The Bertz CT molecular complexity index is 560. The first-order valence-electron chi connectivity index (χ1n) is 4.93. The van der Waals surface area contributed by atoms with Gasteiger partial charge >= 0.3 is 6.18 Å². The number of primary sulfonamides is 1. The highest BCUT2D eigenvalue weighted by Gasteiger charge is 2.37. The molecule has 0 aromatic heterocycles. The van der Waals surface area contributed by atoms with Gasteiger partial charge in [-0.3, -0.25) is 0 Å². The van der Waals surface area contributed by atoms with Gasteiger partial charge in [0.1, 0.15) is 0 Å². The van der Waals surface area contributed by atoms with Crippen LogP contribution >= 0.6 is 0 Å². The molecule has 19 heavy (non-hydrogen) atoms. The van der Waals surface area contributed by atoms with Crippen LogP contribution in [-0.4, -0.2) is 32.3 Å². The number of hydrogen-bond donors (Lipinski definition) is 4. The van der Waals surface area contributed by atoms with E-state index in [0.717, 1.165) is 12.1 Å².